The number of hydrogen-bond acceptors (Lipinski definition) is 2. The van der Waals surface area contributed by atoms with Crippen molar-refractivity contribution in [2.75, 3.05) is 26.8 Å². The molecule has 0 bridgehead atoms. The van der Waals surface area contributed by atoms with Crippen LogP contribution in [0.3, 0.4) is 0 Å². The SMILES string of the molecule is COCC(C)/C=C(/C)CNCC(C)C. The van der Waals surface area contributed by atoms with Gasteiger partial charge in [0.05, 0.1) is 6.61 Å². The molecule has 0 aliphatic carbocycles. The van der Waals surface area contributed by atoms with Gasteiger partial charge in [-0.05, 0) is 25.3 Å². The molecule has 0 spiro atoms. The quantitative estimate of drug-likeness (QED) is 0.636. The van der Waals surface area contributed by atoms with Gasteiger partial charge in [-0.15, -0.1) is 0 Å². The summed E-state index contributed by atoms with van der Waals surface area (Å²) in [7, 11) is 1.75. The molecule has 2 heteroatoms. The van der Waals surface area contributed by atoms with E-state index in [0.717, 1.165) is 25.6 Å². The molecule has 84 valence electrons. The lowest BCUT2D eigenvalue weighted by Gasteiger charge is -2.10. The molecular weight excluding hydrogens is 174 g/mol. The van der Waals surface area contributed by atoms with Crippen molar-refractivity contribution < 1.29 is 4.74 Å². The van der Waals surface area contributed by atoms with Crippen molar-refractivity contribution in [3.8, 4) is 0 Å². The van der Waals surface area contributed by atoms with Gasteiger partial charge in [0, 0.05) is 13.7 Å². The number of nitrogens with one attached hydrogen (secondary N) is 1. The molecule has 0 saturated heterocycles. The van der Waals surface area contributed by atoms with Crippen molar-refractivity contribution in [2.45, 2.75) is 27.7 Å². The molecule has 14 heavy (non-hydrogen) atoms. The number of methoxy groups -OCH3 is 1. The van der Waals surface area contributed by atoms with Crippen LogP contribution in [0.2, 0.25) is 0 Å². The molecule has 2 nitrogen and oxygen atoms in total. The van der Waals surface area contributed by atoms with Gasteiger partial charge >= 0.3 is 0 Å². The predicted octanol–water partition coefficient (Wildman–Crippen LogP) is 2.46. The van der Waals surface area contributed by atoms with Gasteiger partial charge in [0.1, 0.15) is 0 Å². The van der Waals surface area contributed by atoms with Crippen LogP contribution >= 0.6 is 0 Å². The Bertz CT molecular complexity index is 164. The minimum Gasteiger partial charge on any atom is -0.384 e. The van der Waals surface area contributed by atoms with Gasteiger partial charge in [0.2, 0.25) is 0 Å². The monoisotopic (exact) mass is 199 g/mol. The summed E-state index contributed by atoms with van der Waals surface area (Å²) in [5.74, 6) is 1.24. The first-order valence-corrected chi connectivity index (χ1v) is 5.43. The fraction of sp³-hybridized carbons (Fsp3) is 0.833. The van der Waals surface area contributed by atoms with Gasteiger partial charge in [-0.25, -0.2) is 0 Å². The molecule has 1 atom stereocenters. The van der Waals surface area contributed by atoms with Crippen molar-refractivity contribution in [1.29, 1.82) is 0 Å². The Kier molecular flexibility index (Phi) is 7.81. The van der Waals surface area contributed by atoms with Crippen LogP contribution in [0.1, 0.15) is 27.7 Å². The third kappa shape index (κ3) is 8.27. The van der Waals surface area contributed by atoms with E-state index in [2.05, 4.69) is 39.1 Å². The summed E-state index contributed by atoms with van der Waals surface area (Å²) < 4.78 is 5.08. The Balaban J connectivity index is 3.65. The van der Waals surface area contributed by atoms with Crippen molar-refractivity contribution >= 4 is 0 Å². The summed E-state index contributed by atoms with van der Waals surface area (Å²) in [6, 6.07) is 0. The molecule has 0 saturated carbocycles. The lowest BCUT2D eigenvalue weighted by atomic mass is 10.1. The van der Waals surface area contributed by atoms with E-state index >= 15 is 0 Å². The van der Waals surface area contributed by atoms with Crippen molar-refractivity contribution in [3.05, 3.63) is 11.6 Å². The largest absolute Gasteiger partial charge is 0.384 e. The standard InChI is InChI=1S/C12H25NO/c1-10(2)7-13-8-11(3)6-12(4)9-14-5/h6,10,12-13H,7-9H2,1-5H3/b11-6-. The van der Waals surface area contributed by atoms with Gasteiger partial charge in [0.25, 0.3) is 0 Å². The van der Waals surface area contributed by atoms with E-state index in [9.17, 15) is 0 Å². The van der Waals surface area contributed by atoms with E-state index in [0.29, 0.717) is 5.92 Å². The summed E-state index contributed by atoms with van der Waals surface area (Å²) in [5, 5.41) is 3.42. The average molecular weight is 199 g/mol. The number of hydrogen-bond donors (Lipinski definition) is 1. The lowest BCUT2D eigenvalue weighted by Crippen LogP contribution is -2.21. The molecule has 0 aromatic heterocycles. The van der Waals surface area contributed by atoms with Crippen LogP contribution in [0.4, 0.5) is 0 Å². The zero-order valence-corrected chi connectivity index (χ0v) is 10.3. The third-order valence-corrected chi connectivity index (χ3v) is 1.96. The highest BCUT2D eigenvalue weighted by molar-refractivity contribution is 5.02. The Morgan fingerprint density at radius 3 is 2.50 bits per heavy atom. The summed E-state index contributed by atoms with van der Waals surface area (Å²) >= 11 is 0. The van der Waals surface area contributed by atoms with Crippen LogP contribution in [-0.4, -0.2) is 26.8 Å². The van der Waals surface area contributed by atoms with Gasteiger partial charge in [-0.3, -0.25) is 0 Å². The van der Waals surface area contributed by atoms with Crippen molar-refractivity contribution in [2.24, 2.45) is 11.8 Å². The van der Waals surface area contributed by atoms with Crippen LogP contribution in [0.5, 0.6) is 0 Å². The number of ether oxygens (including phenoxy) is 1. The molecule has 0 heterocycles. The van der Waals surface area contributed by atoms with E-state index < -0.39 is 0 Å². The topological polar surface area (TPSA) is 21.3 Å². The first-order chi connectivity index (χ1) is 6.56. The van der Waals surface area contributed by atoms with Crippen LogP contribution in [-0.2, 0) is 4.74 Å². The van der Waals surface area contributed by atoms with Gasteiger partial charge in [-0.2, -0.15) is 0 Å². The van der Waals surface area contributed by atoms with Crippen LogP contribution in [0, 0.1) is 11.8 Å². The second-order valence-corrected chi connectivity index (χ2v) is 4.47. The number of rotatable bonds is 7. The highest BCUT2D eigenvalue weighted by Gasteiger charge is 1.98. The van der Waals surface area contributed by atoms with E-state index in [1.807, 2.05) is 0 Å². The molecule has 0 fully saturated rings. The minimum atomic E-state index is 0.515. The highest BCUT2D eigenvalue weighted by Crippen LogP contribution is 2.02. The lowest BCUT2D eigenvalue weighted by molar-refractivity contribution is 0.175. The fourth-order valence-electron chi connectivity index (χ4n) is 1.41. The third-order valence-electron chi connectivity index (χ3n) is 1.96. The van der Waals surface area contributed by atoms with E-state index in [4.69, 9.17) is 4.74 Å². The average Bonchev–Trinajstić information content (AvgIpc) is 2.03. The molecule has 0 rings (SSSR count). The van der Waals surface area contributed by atoms with Gasteiger partial charge in [0.15, 0.2) is 0 Å². The molecule has 1 unspecified atom stereocenters. The molecule has 0 amide bonds. The van der Waals surface area contributed by atoms with E-state index in [1.54, 1.807) is 7.11 Å². The van der Waals surface area contributed by atoms with Crippen LogP contribution < -0.4 is 5.32 Å². The Hall–Kier alpha value is -0.340. The van der Waals surface area contributed by atoms with Crippen LogP contribution in [0.15, 0.2) is 11.6 Å². The molecule has 0 aliphatic heterocycles. The van der Waals surface area contributed by atoms with E-state index in [-0.39, 0.29) is 0 Å². The Morgan fingerprint density at radius 1 is 1.36 bits per heavy atom. The summed E-state index contributed by atoms with van der Waals surface area (Å²) in [4.78, 5) is 0. The zero-order chi connectivity index (χ0) is 11.0. The molecule has 0 aromatic rings. The normalized spacial score (nSPS) is 14.9. The molecule has 1 N–H and O–H groups in total. The van der Waals surface area contributed by atoms with Gasteiger partial charge < -0.3 is 10.1 Å². The maximum absolute atomic E-state index is 5.08. The summed E-state index contributed by atoms with van der Waals surface area (Å²) in [6.45, 7) is 11.7. The van der Waals surface area contributed by atoms with Crippen molar-refractivity contribution in [1.82, 2.24) is 5.32 Å². The first kappa shape index (κ1) is 13.7. The smallest absolute Gasteiger partial charge is 0.0522 e. The van der Waals surface area contributed by atoms with E-state index in [1.165, 1.54) is 5.57 Å². The highest BCUT2D eigenvalue weighted by atomic mass is 16.5. The molecular formula is C12H25NO. The van der Waals surface area contributed by atoms with Crippen LogP contribution in [0.25, 0.3) is 0 Å². The second-order valence-electron chi connectivity index (χ2n) is 4.47. The second kappa shape index (κ2) is 8.01. The molecule has 0 radical (unpaired) electrons. The predicted molar refractivity (Wildman–Crippen MR) is 62.5 cm³/mol. The summed E-state index contributed by atoms with van der Waals surface area (Å²) in [5.41, 5.74) is 1.40. The first-order valence-electron chi connectivity index (χ1n) is 5.43. The fourth-order valence-corrected chi connectivity index (χ4v) is 1.41. The maximum atomic E-state index is 5.08. The Labute approximate surface area is 88.7 Å². The minimum absolute atomic E-state index is 0.515. The maximum Gasteiger partial charge on any atom is 0.0522 e. The molecule has 0 aromatic carbocycles. The Morgan fingerprint density at radius 2 is 2.00 bits per heavy atom. The summed E-state index contributed by atoms with van der Waals surface area (Å²) in [6.07, 6.45) is 2.27. The zero-order valence-electron chi connectivity index (χ0n) is 10.3. The van der Waals surface area contributed by atoms with Crippen molar-refractivity contribution in [3.63, 3.8) is 0 Å². The van der Waals surface area contributed by atoms with Gasteiger partial charge in [-0.1, -0.05) is 32.4 Å². The molecule has 0 aliphatic rings.